The monoisotopic (exact) mass is 196 g/mol. The summed E-state index contributed by atoms with van der Waals surface area (Å²) in [7, 11) is 1.74. The molecule has 15 heavy (non-hydrogen) atoms. The third-order valence-corrected chi connectivity index (χ3v) is 2.25. The molecule has 1 aromatic heterocycles. The maximum Gasteiger partial charge on any atom is 0.0702 e. The second-order valence-corrected chi connectivity index (χ2v) is 3.33. The Morgan fingerprint density at radius 3 is 3.00 bits per heavy atom. The van der Waals surface area contributed by atoms with Gasteiger partial charge in [0.1, 0.15) is 0 Å². The van der Waals surface area contributed by atoms with Crippen molar-refractivity contribution in [2.75, 3.05) is 7.05 Å². The van der Waals surface area contributed by atoms with Gasteiger partial charge in [-0.3, -0.25) is 9.98 Å². The topological polar surface area (TPSA) is 25.2 Å². The third kappa shape index (κ3) is 1.94. The summed E-state index contributed by atoms with van der Waals surface area (Å²) < 4.78 is 0. The first kappa shape index (κ1) is 9.59. The predicted octanol–water partition coefficient (Wildman–Crippen LogP) is 2.95. The number of rotatable bonds is 2. The van der Waals surface area contributed by atoms with Crippen molar-refractivity contribution in [1.82, 2.24) is 4.98 Å². The summed E-state index contributed by atoms with van der Waals surface area (Å²) in [6.07, 6.45) is 3.57. The molecule has 0 spiro atoms. The molecule has 0 saturated carbocycles. The van der Waals surface area contributed by atoms with E-state index in [-0.39, 0.29) is 0 Å². The normalized spacial score (nSPS) is 11.0. The van der Waals surface area contributed by atoms with Crippen LogP contribution in [0.25, 0.3) is 16.5 Å². The molecular weight excluding hydrogens is 184 g/mol. The number of nitrogens with zero attached hydrogens (tertiary/aromatic N) is 2. The molecule has 0 amide bonds. The fourth-order valence-electron chi connectivity index (χ4n) is 1.48. The summed E-state index contributed by atoms with van der Waals surface area (Å²) in [6, 6.07) is 10.1. The fraction of sp³-hybridized carbons (Fsp3) is 0.0769. The SMILES string of the molecule is C=C(C=NC)c1cnc2ccccc2c1. The number of hydrogen-bond donors (Lipinski definition) is 0. The highest BCUT2D eigenvalue weighted by molar-refractivity contribution is 6.09. The van der Waals surface area contributed by atoms with Crippen LogP contribution in [0.15, 0.2) is 48.1 Å². The van der Waals surface area contributed by atoms with Gasteiger partial charge in [0.15, 0.2) is 0 Å². The van der Waals surface area contributed by atoms with Gasteiger partial charge in [-0.25, -0.2) is 0 Å². The van der Waals surface area contributed by atoms with Gasteiger partial charge < -0.3 is 0 Å². The van der Waals surface area contributed by atoms with Gasteiger partial charge in [0.25, 0.3) is 0 Å². The third-order valence-electron chi connectivity index (χ3n) is 2.25. The Kier molecular flexibility index (Phi) is 2.59. The lowest BCUT2D eigenvalue weighted by Crippen LogP contribution is -1.87. The highest BCUT2D eigenvalue weighted by Crippen LogP contribution is 2.16. The van der Waals surface area contributed by atoms with E-state index < -0.39 is 0 Å². The molecule has 0 saturated heterocycles. The molecular formula is C13H12N2. The van der Waals surface area contributed by atoms with Crippen molar-refractivity contribution in [3.05, 3.63) is 48.7 Å². The van der Waals surface area contributed by atoms with Crippen molar-refractivity contribution < 1.29 is 0 Å². The first-order valence-corrected chi connectivity index (χ1v) is 4.77. The molecule has 1 aromatic carbocycles. The molecule has 0 radical (unpaired) electrons. The largest absolute Gasteiger partial charge is 0.296 e. The van der Waals surface area contributed by atoms with Crippen LogP contribution in [0.5, 0.6) is 0 Å². The van der Waals surface area contributed by atoms with Crippen LogP contribution >= 0.6 is 0 Å². The zero-order chi connectivity index (χ0) is 10.7. The van der Waals surface area contributed by atoms with E-state index in [1.54, 1.807) is 13.3 Å². The minimum atomic E-state index is 0.885. The maximum absolute atomic E-state index is 4.36. The fourth-order valence-corrected chi connectivity index (χ4v) is 1.48. The molecule has 0 unspecified atom stereocenters. The van der Waals surface area contributed by atoms with E-state index in [0.717, 1.165) is 22.0 Å². The van der Waals surface area contributed by atoms with Crippen LogP contribution in [-0.4, -0.2) is 18.2 Å². The van der Waals surface area contributed by atoms with Gasteiger partial charge in [-0.2, -0.15) is 0 Å². The summed E-state index contributed by atoms with van der Waals surface area (Å²) in [5, 5.41) is 1.13. The van der Waals surface area contributed by atoms with Gasteiger partial charge in [-0.05, 0) is 17.7 Å². The Bertz CT molecular complexity index is 527. The lowest BCUT2D eigenvalue weighted by Gasteiger charge is -2.01. The minimum Gasteiger partial charge on any atom is -0.296 e. The average Bonchev–Trinajstić information content (AvgIpc) is 2.29. The number of fused-ring (bicyclic) bond motifs is 1. The van der Waals surface area contributed by atoms with Crippen molar-refractivity contribution in [3.63, 3.8) is 0 Å². The van der Waals surface area contributed by atoms with Crippen LogP contribution in [0.2, 0.25) is 0 Å². The molecule has 0 atom stereocenters. The molecule has 2 heteroatoms. The number of aromatic nitrogens is 1. The summed E-state index contributed by atoms with van der Waals surface area (Å²) in [4.78, 5) is 8.30. The standard InChI is InChI=1S/C13H12N2/c1-10(8-14-2)12-7-11-5-3-4-6-13(11)15-9-12/h3-9H,1H2,2H3. The Morgan fingerprint density at radius 2 is 2.20 bits per heavy atom. The molecule has 0 fully saturated rings. The van der Waals surface area contributed by atoms with Gasteiger partial charge in [0.2, 0.25) is 0 Å². The van der Waals surface area contributed by atoms with E-state index in [1.165, 1.54) is 0 Å². The number of allylic oxidation sites excluding steroid dienone is 1. The average molecular weight is 196 g/mol. The van der Waals surface area contributed by atoms with Gasteiger partial charge >= 0.3 is 0 Å². The van der Waals surface area contributed by atoms with Crippen molar-refractivity contribution in [3.8, 4) is 0 Å². The number of hydrogen-bond acceptors (Lipinski definition) is 2. The van der Waals surface area contributed by atoms with E-state index in [9.17, 15) is 0 Å². The van der Waals surface area contributed by atoms with Gasteiger partial charge in [0.05, 0.1) is 5.52 Å². The van der Waals surface area contributed by atoms with E-state index in [4.69, 9.17) is 0 Å². The molecule has 2 nitrogen and oxygen atoms in total. The molecule has 74 valence electrons. The number of aliphatic imine (C=N–C) groups is 1. The predicted molar refractivity (Wildman–Crippen MR) is 65.2 cm³/mol. The number of benzene rings is 1. The van der Waals surface area contributed by atoms with E-state index in [1.807, 2.05) is 30.5 Å². The van der Waals surface area contributed by atoms with Crippen molar-refractivity contribution >= 4 is 22.7 Å². The van der Waals surface area contributed by atoms with Gasteiger partial charge in [-0.1, -0.05) is 24.8 Å². The Labute approximate surface area is 89.0 Å². The molecule has 2 aromatic rings. The maximum atomic E-state index is 4.36. The molecule has 0 aliphatic carbocycles. The minimum absolute atomic E-state index is 0.885. The second kappa shape index (κ2) is 4.05. The lowest BCUT2D eigenvalue weighted by atomic mass is 10.1. The zero-order valence-electron chi connectivity index (χ0n) is 8.64. The molecule has 0 bridgehead atoms. The number of para-hydroxylation sites is 1. The first-order valence-electron chi connectivity index (χ1n) is 4.77. The Hall–Kier alpha value is -1.96. The van der Waals surface area contributed by atoms with E-state index in [2.05, 4.69) is 22.6 Å². The zero-order valence-corrected chi connectivity index (χ0v) is 8.64. The molecule has 1 heterocycles. The Morgan fingerprint density at radius 1 is 1.40 bits per heavy atom. The van der Waals surface area contributed by atoms with Crippen molar-refractivity contribution in [2.45, 2.75) is 0 Å². The van der Waals surface area contributed by atoms with Gasteiger partial charge in [0, 0.05) is 30.4 Å². The molecule has 0 aliphatic rings. The van der Waals surface area contributed by atoms with Crippen molar-refractivity contribution in [1.29, 1.82) is 0 Å². The van der Waals surface area contributed by atoms with Crippen LogP contribution < -0.4 is 0 Å². The molecule has 0 N–H and O–H groups in total. The highest BCUT2D eigenvalue weighted by Gasteiger charge is 1.98. The Balaban J connectivity index is 2.51. The van der Waals surface area contributed by atoms with Crippen LogP contribution in [-0.2, 0) is 0 Å². The second-order valence-electron chi connectivity index (χ2n) is 3.33. The van der Waals surface area contributed by atoms with Crippen LogP contribution in [0, 0.1) is 0 Å². The quantitative estimate of drug-likeness (QED) is 0.678. The van der Waals surface area contributed by atoms with Gasteiger partial charge in [-0.15, -0.1) is 0 Å². The summed E-state index contributed by atoms with van der Waals surface area (Å²) in [5.41, 5.74) is 2.90. The highest BCUT2D eigenvalue weighted by atomic mass is 14.7. The van der Waals surface area contributed by atoms with E-state index >= 15 is 0 Å². The van der Waals surface area contributed by atoms with Crippen LogP contribution in [0.4, 0.5) is 0 Å². The van der Waals surface area contributed by atoms with Crippen LogP contribution in [0.3, 0.4) is 0 Å². The number of pyridine rings is 1. The summed E-state index contributed by atoms with van der Waals surface area (Å²) in [5.74, 6) is 0. The first-order chi connectivity index (χ1) is 7.31. The summed E-state index contributed by atoms with van der Waals surface area (Å²) in [6.45, 7) is 3.93. The summed E-state index contributed by atoms with van der Waals surface area (Å²) >= 11 is 0. The van der Waals surface area contributed by atoms with Crippen molar-refractivity contribution in [2.24, 2.45) is 4.99 Å². The van der Waals surface area contributed by atoms with E-state index in [0.29, 0.717) is 0 Å². The lowest BCUT2D eigenvalue weighted by molar-refractivity contribution is 1.39. The molecule has 2 rings (SSSR count). The smallest absolute Gasteiger partial charge is 0.0702 e. The van der Waals surface area contributed by atoms with Crippen LogP contribution in [0.1, 0.15) is 5.56 Å². The molecule has 0 aliphatic heterocycles.